The van der Waals surface area contributed by atoms with E-state index in [1.165, 1.54) is 4.68 Å². The lowest BCUT2D eigenvalue weighted by Crippen LogP contribution is -2.28. The number of fused-ring (bicyclic) bond motifs is 1. The Labute approximate surface area is 150 Å². The van der Waals surface area contributed by atoms with E-state index in [2.05, 4.69) is 10.4 Å². The SMILES string of the molecule is Cc1ccc(C(=O)NCCn2nc(C(F)(F)F)c3c2CCCC3)c(C)c1. The number of halogens is 3. The van der Waals surface area contributed by atoms with Crippen molar-refractivity contribution in [1.82, 2.24) is 15.1 Å². The Balaban J connectivity index is 1.70. The molecule has 140 valence electrons. The molecule has 1 amide bonds. The van der Waals surface area contributed by atoms with Crippen LogP contribution < -0.4 is 5.32 Å². The van der Waals surface area contributed by atoms with Crippen LogP contribution in [-0.2, 0) is 25.6 Å². The lowest BCUT2D eigenvalue weighted by molar-refractivity contribution is -0.142. The van der Waals surface area contributed by atoms with Gasteiger partial charge in [-0.25, -0.2) is 0 Å². The van der Waals surface area contributed by atoms with E-state index in [1.54, 1.807) is 6.07 Å². The van der Waals surface area contributed by atoms with Gasteiger partial charge in [0.25, 0.3) is 5.91 Å². The molecule has 0 saturated carbocycles. The zero-order chi connectivity index (χ0) is 18.9. The molecule has 0 spiro atoms. The maximum atomic E-state index is 13.2. The predicted octanol–water partition coefficient (Wildman–Crippen LogP) is 3.83. The molecule has 26 heavy (non-hydrogen) atoms. The lowest BCUT2D eigenvalue weighted by Gasteiger charge is -2.15. The number of rotatable bonds is 4. The Morgan fingerprint density at radius 2 is 1.96 bits per heavy atom. The molecular formula is C19H22F3N3O. The number of alkyl halides is 3. The van der Waals surface area contributed by atoms with Gasteiger partial charge in [-0.1, -0.05) is 17.7 Å². The number of hydrogen-bond donors (Lipinski definition) is 1. The first-order chi connectivity index (χ1) is 12.3. The molecule has 7 heteroatoms. The summed E-state index contributed by atoms with van der Waals surface area (Å²) in [7, 11) is 0. The zero-order valence-corrected chi connectivity index (χ0v) is 14.9. The average Bonchev–Trinajstić information content (AvgIpc) is 2.94. The fourth-order valence-electron chi connectivity index (χ4n) is 3.52. The second kappa shape index (κ2) is 7.13. The Morgan fingerprint density at radius 1 is 1.23 bits per heavy atom. The molecule has 1 heterocycles. The smallest absolute Gasteiger partial charge is 0.350 e. The Kier molecular flexibility index (Phi) is 5.07. The van der Waals surface area contributed by atoms with Crippen molar-refractivity contribution in [3.8, 4) is 0 Å². The first-order valence-corrected chi connectivity index (χ1v) is 8.78. The van der Waals surface area contributed by atoms with Crippen LogP contribution in [0.2, 0.25) is 0 Å². The number of hydrogen-bond acceptors (Lipinski definition) is 2. The quantitative estimate of drug-likeness (QED) is 0.895. The molecule has 0 unspecified atom stereocenters. The first-order valence-electron chi connectivity index (χ1n) is 8.78. The summed E-state index contributed by atoms with van der Waals surface area (Å²) in [5.74, 6) is -0.223. The lowest BCUT2D eigenvalue weighted by atomic mass is 9.95. The zero-order valence-electron chi connectivity index (χ0n) is 14.9. The molecule has 1 N–H and O–H groups in total. The molecule has 1 aromatic heterocycles. The minimum absolute atomic E-state index is 0.223. The van der Waals surface area contributed by atoms with Crippen LogP contribution in [0.25, 0.3) is 0 Å². The van der Waals surface area contributed by atoms with Crippen LogP contribution in [0.1, 0.15) is 51.3 Å². The van der Waals surface area contributed by atoms with Gasteiger partial charge in [0.15, 0.2) is 5.69 Å². The van der Waals surface area contributed by atoms with Crippen LogP contribution >= 0.6 is 0 Å². The van der Waals surface area contributed by atoms with Gasteiger partial charge in [-0.2, -0.15) is 18.3 Å². The van der Waals surface area contributed by atoms with Gasteiger partial charge < -0.3 is 5.32 Å². The van der Waals surface area contributed by atoms with Crippen LogP contribution in [0.4, 0.5) is 13.2 Å². The Hall–Kier alpha value is -2.31. The van der Waals surface area contributed by atoms with Crippen molar-refractivity contribution in [3.05, 3.63) is 51.8 Å². The van der Waals surface area contributed by atoms with Crippen molar-refractivity contribution in [1.29, 1.82) is 0 Å². The van der Waals surface area contributed by atoms with E-state index in [0.717, 1.165) is 24.0 Å². The fourth-order valence-corrected chi connectivity index (χ4v) is 3.52. The second-order valence-electron chi connectivity index (χ2n) is 6.78. The third-order valence-electron chi connectivity index (χ3n) is 4.76. The molecule has 1 aliphatic carbocycles. The van der Waals surface area contributed by atoms with E-state index >= 15 is 0 Å². The number of aryl methyl sites for hydroxylation is 2. The molecule has 4 nitrogen and oxygen atoms in total. The second-order valence-corrected chi connectivity index (χ2v) is 6.78. The van der Waals surface area contributed by atoms with Crippen molar-refractivity contribution in [3.63, 3.8) is 0 Å². The maximum absolute atomic E-state index is 13.2. The predicted molar refractivity (Wildman–Crippen MR) is 92.1 cm³/mol. The maximum Gasteiger partial charge on any atom is 0.435 e. The number of carbonyl (C=O) groups is 1. The molecular weight excluding hydrogens is 343 g/mol. The molecule has 0 bridgehead atoms. The van der Waals surface area contributed by atoms with E-state index < -0.39 is 11.9 Å². The van der Waals surface area contributed by atoms with Crippen molar-refractivity contribution in [2.75, 3.05) is 6.54 Å². The van der Waals surface area contributed by atoms with Crippen molar-refractivity contribution >= 4 is 5.91 Å². The van der Waals surface area contributed by atoms with Gasteiger partial charge in [0.05, 0.1) is 6.54 Å². The summed E-state index contributed by atoms with van der Waals surface area (Å²) in [5, 5.41) is 6.58. The summed E-state index contributed by atoms with van der Waals surface area (Å²) >= 11 is 0. The number of benzene rings is 1. The van der Waals surface area contributed by atoms with E-state index in [9.17, 15) is 18.0 Å². The van der Waals surface area contributed by atoms with Gasteiger partial charge in [-0.3, -0.25) is 9.48 Å². The highest BCUT2D eigenvalue weighted by Gasteiger charge is 2.39. The van der Waals surface area contributed by atoms with Gasteiger partial charge in [0.2, 0.25) is 0 Å². The number of nitrogens with one attached hydrogen (secondary N) is 1. The average molecular weight is 365 g/mol. The molecule has 0 aliphatic heterocycles. The fraction of sp³-hybridized carbons (Fsp3) is 0.474. The van der Waals surface area contributed by atoms with Gasteiger partial charge in [0.1, 0.15) is 0 Å². The monoisotopic (exact) mass is 365 g/mol. The number of amides is 1. The largest absolute Gasteiger partial charge is 0.435 e. The molecule has 0 atom stereocenters. The Bertz CT molecular complexity index is 824. The van der Waals surface area contributed by atoms with Gasteiger partial charge in [-0.05, 0) is 51.2 Å². The van der Waals surface area contributed by atoms with Crippen molar-refractivity contribution < 1.29 is 18.0 Å². The number of carbonyl (C=O) groups excluding carboxylic acids is 1. The van der Waals surface area contributed by atoms with E-state index in [1.807, 2.05) is 26.0 Å². The molecule has 1 aromatic carbocycles. The molecule has 3 rings (SSSR count). The summed E-state index contributed by atoms with van der Waals surface area (Å²) in [5.41, 5.74) is 2.73. The van der Waals surface area contributed by atoms with Crippen LogP contribution in [0.5, 0.6) is 0 Å². The van der Waals surface area contributed by atoms with Crippen molar-refractivity contribution in [2.45, 2.75) is 52.3 Å². The van der Waals surface area contributed by atoms with E-state index in [0.29, 0.717) is 29.7 Å². The topological polar surface area (TPSA) is 46.9 Å². The number of nitrogens with zero attached hydrogens (tertiary/aromatic N) is 2. The first kappa shape index (κ1) is 18.5. The summed E-state index contributed by atoms with van der Waals surface area (Å²) in [4.78, 5) is 12.3. The molecule has 0 fully saturated rings. The molecule has 2 aromatic rings. The van der Waals surface area contributed by atoms with Crippen molar-refractivity contribution in [2.24, 2.45) is 0 Å². The Morgan fingerprint density at radius 3 is 2.65 bits per heavy atom. The van der Waals surface area contributed by atoms with E-state index in [-0.39, 0.29) is 19.0 Å². The third kappa shape index (κ3) is 3.76. The minimum atomic E-state index is -4.44. The summed E-state index contributed by atoms with van der Waals surface area (Å²) in [6.45, 7) is 4.28. The minimum Gasteiger partial charge on any atom is -0.350 e. The molecule has 1 aliphatic rings. The number of aromatic nitrogens is 2. The van der Waals surface area contributed by atoms with Crippen LogP contribution in [0.15, 0.2) is 18.2 Å². The van der Waals surface area contributed by atoms with E-state index in [4.69, 9.17) is 0 Å². The third-order valence-corrected chi connectivity index (χ3v) is 4.76. The summed E-state index contributed by atoms with van der Waals surface area (Å²) < 4.78 is 41.0. The highest BCUT2D eigenvalue weighted by atomic mass is 19.4. The molecule has 0 saturated heterocycles. The normalized spacial score (nSPS) is 14.2. The van der Waals surface area contributed by atoms with Gasteiger partial charge >= 0.3 is 6.18 Å². The molecule has 0 radical (unpaired) electrons. The van der Waals surface area contributed by atoms with Gasteiger partial charge in [0, 0.05) is 23.4 Å². The summed E-state index contributed by atoms with van der Waals surface area (Å²) in [6.07, 6.45) is -1.80. The highest BCUT2D eigenvalue weighted by Crippen LogP contribution is 2.35. The van der Waals surface area contributed by atoms with Gasteiger partial charge in [-0.15, -0.1) is 0 Å². The van der Waals surface area contributed by atoms with Crippen LogP contribution in [0, 0.1) is 13.8 Å². The van der Waals surface area contributed by atoms with Crippen LogP contribution in [-0.4, -0.2) is 22.2 Å². The summed E-state index contributed by atoms with van der Waals surface area (Å²) in [6, 6.07) is 5.55. The standard InChI is InChI=1S/C19H22F3N3O/c1-12-7-8-14(13(2)11-12)18(26)23-9-10-25-16-6-4-3-5-15(16)17(24-25)19(20,21)22/h7-8,11H,3-6,9-10H2,1-2H3,(H,23,26). The highest BCUT2D eigenvalue weighted by molar-refractivity contribution is 5.95. The van der Waals surface area contributed by atoms with Crippen LogP contribution in [0.3, 0.4) is 0 Å².